The van der Waals surface area contributed by atoms with Crippen LogP contribution in [0, 0.1) is 0 Å². The van der Waals surface area contributed by atoms with Crippen LogP contribution in [0.5, 0.6) is 0 Å². The molecule has 130 valence electrons. The molecular weight excluding hydrogens is 316 g/mol. The van der Waals surface area contributed by atoms with Crippen molar-refractivity contribution >= 4 is 16.8 Å². The molecule has 25 heavy (non-hydrogen) atoms. The molecule has 1 aliphatic rings. The number of hydrogen-bond donors (Lipinski definition) is 3. The zero-order chi connectivity index (χ0) is 17.2. The Balaban J connectivity index is 1.63. The average molecular weight is 338 g/mol. The summed E-state index contributed by atoms with van der Waals surface area (Å²) in [5, 5.41) is 10.5. The summed E-state index contributed by atoms with van der Waals surface area (Å²) >= 11 is 0. The quantitative estimate of drug-likeness (QED) is 0.668. The second-order valence-electron chi connectivity index (χ2n) is 6.54. The highest BCUT2D eigenvalue weighted by Crippen LogP contribution is 2.29. The van der Waals surface area contributed by atoms with Gasteiger partial charge in [0.15, 0.2) is 0 Å². The number of benzene rings is 1. The Morgan fingerprint density at radius 2 is 2.16 bits per heavy atom. The normalized spacial score (nSPS) is 13.8. The number of aromatic nitrogens is 3. The number of H-pyrrole nitrogens is 2. The van der Waals surface area contributed by atoms with Crippen molar-refractivity contribution in [2.24, 2.45) is 0 Å². The zero-order valence-electron chi connectivity index (χ0n) is 14.1. The predicted molar refractivity (Wildman–Crippen MR) is 95.4 cm³/mol. The van der Waals surface area contributed by atoms with Gasteiger partial charge >= 0.3 is 0 Å². The van der Waals surface area contributed by atoms with Crippen LogP contribution in [-0.2, 0) is 19.4 Å². The van der Waals surface area contributed by atoms with Crippen LogP contribution in [0.1, 0.15) is 40.3 Å². The van der Waals surface area contributed by atoms with Crippen LogP contribution in [0.3, 0.4) is 0 Å². The molecule has 1 amide bonds. The molecule has 0 spiro atoms. The van der Waals surface area contributed by atoms with Gasteiger partial charge in [0.05, 0.1) is 13.2 Å². The fraction of sp³-hybridized carbons (Fsp3) is 0.368. The molecule has 0 aliphatic heterocycles. The van der Waals surface area contributed by atoms with E-state index in [1.807, 2.05) is 18.2 Å². The maximum absolute atomic E-state index is 12.9. The zero-order valence-corrected chi connectivity index (χ0v) is 14.1. The summed E-state index contributed by atoms with van der Waals surface area (Å²) in [5.41, 5.74) is 4.38. The van der Waals surface area contributed by atoms with Crippen LogP contribution in [0.15, 0.2) is 30.6 Å². The van der Waals surface area contributed by atoms with E-state index in [1.165, 1.54) is 29.5 Å². The summed E-state index contributed by atoms with van der Waals surface area (Å²) in [7, 11) is 0. The molecule has 0 atom stereocenters. The number of rotatable bonds is 5. The van der Waals surface area contributed by atoms with E-state index in [9.17, 15) is 9.90 Å². The summed E-state index contributed by atoms with van der Waals surface area (Å²) in [6, 6.07) is 5.87. The van der Waals surface area contributed by atoms with Gasteiger partial charge in [-0.15, -0.1) is 0 Å². The first kappa shape index (κ1) is 15.9. The molecular formula is C19H22N4O2. The number of aliphatic hydroxyl groups excluding tert-OH is 1. The second kappa shape index (κ2) is 6.72. The summed E-state index contributed by atoms with van der Waals surface area (Å²) in [6.45, 7) is 0.552. The van der Waals surface area contributed by atoms with Gasteiger partial charge in [-0.25, -0.2) is 4.98 Å². The number of fused-ring (bicyclic) bond motifs is 3. The van der Waals surface area contributed by atoms with E-state index in [1.54, 1.807) is 17.3 Å². The lowest BCUT2D eigenvalue weighted by molar-refractivity contribution is 0.0703. The second-order valence-corrected chi connectivity index (χ2v) is 6.54. The van der Waals surface area contributed by atoms with E-state index < -0.39 is 0 Å². The number of carbonyl (C=O) groups is 1. The van der Waals surface area contributed by atoms with Gasteiger partial charge in [-0.2, -0.15) is 0 Å². The molecule has 3 N–H and O–H groups in total. The third-order valence-electron chi connectivity index (χ3n) is 4.90. The van der Waals surface area contributed by atoms with E-state index in [2.05, 4.69) is 15.0 Å². The molecule has 0 fully saturated rings. The van der Waals surface area contributed by atoms with Crippen LogP contribution < -0.4 is 0 Å². The highest BCUT2D eigenvalue weighted by atomic mass is 16.3. The van der Waals surface area contributed by atoms with Gasteiger partial charge in [-0.3, -0.25) is 4.79 Å². The smallest absolute Gasteiger partial charge is 0.254 e. The maximum Gasteiger partial charge on any atom is 0.254 e. The van der Waals surface area contributed by atoms with E-state index in [-0.39, 0.29) is 19.1 Å². The number of imidazole rings is 1. The Kier molecular flexibility index (Phi) is 4.28. The van der Waals surface area contributed by atoms with Crippen LogP contribution in [0.2, 0.25) is 0 Å². The van der Waals surface area contributed by atoms with E-state index >= 15 is 0 Å². The SMILES string of the molecule is O=C(c1ccc2c3c([nH]c2c1)CCCC3)N(CCO)Cc1ncc[nH]1. The first-order valence-electron chi connectivity index (χ1n) is 8.78. The van der Waals surface area contributed by atoms with Crippen LogP contribution in [-0.4, -0.2) is 44.0 Å². The Labute approximate surface area is 145 Å². The minimum atomic E-state index is -0.0973. The summed E-state index contributed by atoms with van der Waals surface area (Å²) < 4.78 is 0. The largest absolute Gasteiger partial charge is 0.395 e. The molecule has 3 aromatic rings. The molecule has 1 aliphatic carbocycles. The van der Waals surface area contributed by atoms with Crippen molar-refractivity contribution in [3.63, 3.8) is 0 Å². The third-order valence-corrected chi connectivity index (χ3v) is 4.90. The van der Waals surface area contributed by atoms with Crippen molar-refractivity contribution in [1.82, 2.24) is 19.9 Å². The van der Waals surface area contributed by atoms with Crippen molar-refractivity contribution in [3.8, 4) is 0 Å². The summed E-state index contributed by atoms with van der Waals surface area (Å²) in [5.74, 6) is 0.609. The Morgan fingerprint density at radius 1 is 1.28 bits per heavy atom. The van der Waals surface area contributed by atoms with Crippen LogP contribution >= 0.6 is 0 Å². The lowest BCUT2D eigenvalue weighted by Gasteiger charge is -2.20. The number of amides is 1. The van der Waals surface area contributed by atoms with Crippen molar-refractivity contribution in [2.75, 3.05) is 13.2 Å². The van der Waals surface area contributed by atoms with Gasteiger partial charge < -0.3 is 20.0 Å². The standard InChI is InChI=1S/C19H22N4O2/c24-10-9-23(12-18-20-7-8-21-18)19(25)13-5-6-15-14-3-1-2-4-16(14)22-17(15)11-13/h5-8,11,22,24H,1-4,9-10,12H2,(H,20,21). The van der Waals surface area contributed by atoms with Gasteiger partial charge in [-0.1, -0.05) is 6.07 Å². The molecule has 2 aromatic heterocycles. The van der Waals surface area contributed by atoms with Crippen molar-refractivity contribution in [1.29, 1.82) is 0 Å². The molecule has 0 bridgehead atoms. The maximum atomic E-state index is 12.9. The Morgan fingerprint density at radius 3 is 2.96 bits per heavy atom. The van der Waals surface area contributed by atoms with Gasteiger partial charge in [0.1, 0.15) is 5.82 Å². The Hall–Kier alpha value is -2.60. The molecule has 6 nitrogen and oxygen atoms in total. The molecule has 0 radical (unpaired) electrons. The minimum absolute atomic E-state index is 0.0779. The lowest BCUT2D eigenvalue weighted by atomic mass is 9.95. The lowest BCUT2D eigenvalue weighted by Crippen LogP contribution is -2.33. The highest BCUT2D eigenvalue weighted by molar-refractivity contribution is 5.98. The first-order valence-corrected chi connectivity index (χ1v) is 8.78. The van der Waals surface area contributed by atoms with Crippen LogP contribution in [0.25, 0.3) is 10.9 Å². The van der Waals surface area contributed by atoms with E-state index in [0.29, 0.717) is 17.9 Å². The third kappa shape index (κ3) is 3.05. The van der Waals surface area contributed by atoms with Gasteiger partial charge in [0, 0.05) is 41.1 Å². The van der Waals surface area contributed by atoms with Gasteiger partial charge in [0.25, 0.3) is 5.91 Å². The summed E-state index contributed by atoms with van der Waals surface area (Å²) in [4.78, 5) is 25.2. The van der Waals surface area contributed by atoms with E-state index in [0.717, 1.165) is 18.4 Å². The number of nitrogens with one attached hydrogen (secondary N) is 2. The fourth-order valence-corrected chi connectivity index (χ4v) is 3.67. The highest BCUT2D eigenvalue weighted by Gasteiger charge is 2.20. The predicted octanol–water partition coefficient (Wildman–Crippen LogP) is 2.40. The summed E-state index contributed by atoms with van der Waals surface area (Å²) in [6.07, 6.45) is 8.03. The molecule has 0 unspecified atom stereocenters. The molecule has 2 heterocycles. The first-order chi connectivity index (χ1) is 12.3. The molecule has 6 heteroatoms. The minimum Gasteiger partial charge on any atom is -0.395 e. The average Bonchev–Trinajstić information content (AvgIpc) is 3.27. The van der Waals surface area contributed by atoms with Crippen molar-refractivity contribution in [2.45, 2.75) is 32.2 Å². The number of carbonyl (C=O) groups excluding carboxylic acids is 1. The Bertz CT molecular complexity index is 882. The van der Waals surface area contributed by atoms with E-state index in [4.69, 9.17) is 0 Å². The van der Waals surface area contributed by atoms with Crippen LogP contribution in [0.4, 0.5) is 0 Å². The number of aryl methyl sites for hydroxylation is 2. The van der Waals surface area contributed by atoms with Gasteiger partial charge in [-0.05, 0) is 43.4 Å². The van der Waals surface area contributed by atoms with Crippen molar-refractivity contribution < 1.29 is 9.90 Å². The molecule has 4 rings (SSSR count). The molecule has 0 saturated heterocycles. The van der Waals surface area contributed by atoms with Crippen molar-refractivity contribution in [3.05, 3.63) is 53.2 Å². The van der Waals surface area contributed by atoms with Gasteiger partial charge in [0.2, 0.25) is 0 Å². The number of aromatic amines is 2. The number of nitrogens with zero attached hydrogens (tertiary/aromatic N) is 2. The number of hydrogen-bond acceptors (Lipinski definition) is 3. The monoisotopic (exact) mass is 338 g/mol. The molecule has 0 saturated carbocycles. The fourth-order valence-electron chi connectivity index (χ4n) is 3.67. The topological polar surface area (TPSA) is 85.0 Å². The number of aliphatic hydroxyl groups is 1. The molecule has 1 aromatic carbocycles.